The quantitative estimate of drug-likeness (QED) is 0.581. The smallest absolute Gasteiger partial charge is 0.334 e. The highest BCUT2D eigenvalue weighted by Gasteiger charge is 2.19. The van der Waals surface area contributed by atoms with Crippen LogP contribution in [0.25, 0.3) is 0 Å². The Morgan fingerprint density at radius 1 is 1.55 bits per heavy atom. The Hall–Kier alpha value is -0.790. The van der Waals surface area contributed by atoms with Crippen LogP contribution in [-0.4, -0.2) is 12.6 Å². The van der Waals surface area contributed by atoms with Crippen molar-refractivity contribution in [1.29, 1.82) is 0 Å². The molecule has 11 heavy (non-hydrogen) atoms. The zero-order chi connectivity index (χ0) is 8.27. The first kappa shape index (κ1) is 8.31. The second-order valence-electron chi connectivity index (χ2n) is 2.91. The van der Waals surface area contributed by atoms with E-state index in [0.717, 1.165) is 18.4 Å². The summed E-state index contributed by atoms with van der Waals surface area (Å²) >= 11 is 0. The lowest BCUT2D eigenvalue weighted by Crippen LogP contribution is -1.94. The van der Waals surface area contributed by atoms with Crippen molar-refractivity contribution >= 4 is 5.97 Å². The molecule has 2 heteroatoms. The Balaban J connectivity index is 2.50. The first-order chi connectivity index (χ1) is 5.25. The number of esters is 1. The van der Waals surface area contributed by atoms with Crippen molar-refractivity contribution in [3.05, 3.63) is 11.1 Å². The zero-order valence-electron chi connectivity index (χ0n) is 7.14. The van der Waals surface area contributed by atoms with Crippen molar-refractivity contribution in [2.24, 2.45) is 0 Å². The summed E-state index contributed by atoms with van der Waals surface area (Å²) in [6.45, 7) is 4.53. The van der Waals surface area contributed by atoms with E-state index in [4.69, 9.17) is 4.74 Å². The molecule has 0 aromatic heterocycles. The van der Waals surface area contributed by atoms with Gasteiger partial charge in [-0.2, -0.15) is 0 Å². The van der Waals surface area contributed by atoms with Gasteiger partial charge < -0.3 is 4.74 Å². The highest BCUT2D eigenvalue weighted by atomic mass is 16.5. The number of hydrogen-bond acceptors (Lipinski definition) is 2. The van der Waals surface area contributed by atoms with Crippen LogP contribution in [0.3, 0.4) is 0 Å². The van der Waals surface area contributed by atoms with Crippen LogP contribution >= 0.6 is 0 Å². The fraction of sp³-hybridized carbons (Fsp3) is 0.667. The third kappa shape index (κ3) is 1.82. The lowest BCUT2D eigenvalue weighted by atomic mass is 10.1. The third-order valence-corrected chi connectivity index (χ3v) is 2.05. The summed E-state index contributed by atoms with van der Waals surface area (Å²) in [5, 5.41) is 0. The lowest BCUT2D eigenvalue weighted by Gasteiger charge is -1.97. The first-order valence-electron chi connectivity index (χ1n) is 4.11. The Bertz CT molecular complexity index is 192. The van der Waals surface area contributed by atoms with Crippen LogP contribution in [0.5, 0.6) is 0 Å². The van der Waals surface area contributed by atoms with Gasteiger partial charge in [0.05, 0.1) is 0 Å². The van der Waals surface area contributed by atoms with Crippen molar-refractivity contribution < 1.29 is 9.53 Å². The number of carbonyl (C=O) groups excluding carboxylic acids is 1. The average molecular weight is 154 g/mol. The van der Waals surface area contributed by atoms with E-state index in [9.17, 15) is 4.79 Å². The third-order valence-electron chi connectivity index (χ3n) is 2.05. The summed E-state index contributed by atoms with van der Waals surface area (Å²) in [5.41, 5.74) is 2.02. The van der Waals surface area contributed by atoms with Crippen molar-refractivity contribution in [2.75, 3.05) is 6.61 Å². The summed E-state index contributed by atoms with van der Waals surface area (Å²) in [4.78, 5) is 10.9. The number of unbranched alkanes of at least 4 members (excludes halogenated alkanes) is 1. The van der Waals surface area contributed by atoms with Gasteiger partial charge in [0.15, 0.2) is 0 Å². The molecule has 0 N–H and O–H groups in total. The molecule has 0 fully saturated rings. The van der Waals surface area contributed by atoms with E-state index < -0.39 is 0 Å². The summed E-state index contributed by atoms with van der Waals surface area (Å²) in [6, 6.07) is 0. The largest absolute Gasteiger partial charge is 0.458 e. The molecule has 2 nitrogen and oxygen atoms in total. The van der Waals surface area contributed by atoms with Crippen molar-refractivity contribution in [1.82, 2.24) is 0 Å². The van der Waals surface area contributed by atoms with Crippen molar-refractivity contribution in [2.45, 2.75) is 33.1 Å². The molecule has 1 rings (SSSR count). The fourth-order valence-electron chi connectivity index (χ4n) is 1.16. The molecule has 62 valence electrons. The van der Waals surface area contributed by atoms with Crippen LogP contribution in [0.4, 0.5) is 0 Å². The minimum absolute atomic E-state index is 0.129. The fourth-order valence-corrected chi connectivity index (χ4v) is 1.16. The summed E-state index contributed by atoms with van der Waals surface area (Å²) in [6.07, 6.45) is 3.35. The molecule has 0 amide bonds. The molecule has 0 radical (unpaired) electrons. The minimum Gasteiger partial charge on any atom is -0.458 e. The molecule has 1 aliphatic heterocycles. The minimum atomic E-state index is -0.129. The molecule has 0 aliphatic carbocycles. The first-order valence-corrected chi connectivity index (χ1v) is 4.11. The molecule has 1 heterocycles. The van der Waals surface area contributed by atoms with Gasteiger partial charge in [-0.05, 0) is 25.3 Å². The number of ether oxygens (including phenoxy) is 1. The number of carbonyl (C=O) groups is 1. The molecule has 0 bridgehead atoms. The van der Waals surface area contributed by atoms with Gasteiger partial charge in [-0.25, -0.2) is 4.79 Å². The van der Waals surface area contributed by atoms with Gasteiger partial charge >= 0.3 is 5.97 Å². The van der Waals surface area contributed by atoms with Gasteiger partial charge in [0.1, 0.15) is 6.61 Å². The highest BCUT2D eigenvalue weighted by molar-refractivity contribution is 5.90. The van der Waals surface area contributed by atoms with Crippen molar-refractivity contribution in [3.8, 4) is 0 Å². The molecular weight excluding hydrogens is 140 g/mol. The molecule has 0 unspecified atom stereocenters. The van der Waals surface area contributed by atoms with E-state index in [1.807, 2.05) is 6.92 Å². The second kappa shape index (κ2) is 3.56. The van der Waals surface area contributed by atoms with Gasteiger partial charge in [-0.3, -0.25) is 0 Å². The molecule has 0 aromatic rings. The molecule has 0 spiro atoms. The standard InChI is InChI=1S/C9H14O2/c1-3-4-5-8-6-11-9(10)7(8)2/h3-6H2,1-2H3. The van der Waals surface area contributed by atoms with Gasteiger partial charge in [-0.1, -0.05) is 13.3 Å². The van der Waals surface area contributed by atoms with E-state index in [0.29, 0.717) is 6.61 Å². The number of rotatable bonds is 3. The topological polar surface area (TPSA) is 26.3 Å². The maximum absolute atomic E-state index is 10.9. The molecule has 1 aliphatic rings. The van der Waals surface area contributed by atoms with Gasteiger partial charge in [-0.15, -0.1) is 0 Å². The predicted molar refractivity (Wildman–Crippen MR) is 43.2 cm³/mol. The molecular formula is C9H14O2. The van der Waals surface area contributed by atoms with E-state index in [2.05, 4.69) is 6.92 Å². The monoisotopic (exact) mass is 154 g/mol. The zero-order valence-corrected chi connectivity index (χ0v) is 7.14. The summed E-state index contributed by atoms with van der Waals surface area (Å²) < 4.78 is 4.86. The summed E-state index contributed by atoms with van der Waals surface area (Å²) in [7, 11) is 0. The van der Waals surface area contributed by atoms with Crippen LogP contribution in [-0.2, 0) is 9.53 Å². The Kier molecular flexibility index (Phi) is 2.69. The van der Waals surface area contributed by atoms with Crippen LogP contribution in [0, 0.1) is 0 Å². The highest BCUT2D eigenvalue weighted by Crippen LogP contribution is 2.19. The predicted octanol–water partition coefficient (Wildman–Crippen LogP) is 2.05. The molecule has 0 aromatic carbocycles. The van der Waals surface area contributed by atoms with E-state index in [1.165, 1.54) is 12.0 Å². The van der Waals surface area contributed by atoms with E-state index in [-0.39, 0.29) is 5.97 Å². The Morgan fingerprint density at radius 2 is 2.27 bits per heavy atom. The summed E-state index contributed by atoms with van der Waals surface area (Å²) in [5.74, 6) is -0.129. The van der Waals surface area contributed by atoms with E-state index >= 15 is 0 Å². The van der Waals surface area contributed by atoms with Crippen molar-refractivity contribution in [3.63, 3.8) is 0 Å². The maximum Gasteiger partial charge on any atom is 0.334 e. The van der Waals surface area contributed by atoms with E-state index in [1.54, 1.807) is 0 Å². The second-order valence-corrected chi connectivity index (χ2v) is 2.91. The average Bonchev–Trinajstić information content (AvgIpc) is 2.31. The van der Waals surface area contributed by atoms with Gasteiger partial charge in [0.2, 0.25) is 0 Å². The Labute approximate surface area is 67.2 Å². The molecule has 0 saturated carbocycles. The normalized spacial score (nSPS) is 17.5. The van der Waals surface area contributed by atoms with Crippen LogP contribution in [0.15, 0.2) is 11.1 Å². The lowest BCUT2D eigenvalue weighted by molar-refractivity contribution is -0.135. The Morgan fingerprint density at radius 3 is 2.73 bits per heavy atom. The van der Waals surface area contributed by atoms with Crippen LogP contribution < -0.4 is 0 Å². The maximum atomic E-state index is 10.9. The van der Waals surface area contributed by atoms with Gasteiger partial charge in [0, 0.05) is 5.57 Å². The molecule has 0 saturated heterocycles. The van der Waals surface area contributed by atoms with Crippen LogP contribution in [0.1, 0.15) is 33.1 Å². The van der Waals surface area contributed by atoms with Gasteiger partial charge in [0.25, 0.3) is 0 Å². The molecule has 0 atom stereocenters. The SMILES string of the molecule is CCCCC1=C(C)C(=O)OC1. The van der Waals surface area contributed by atoms with Crippen LogP contribution in [0.2, 0.25) is 0 Å². The number of cyclic esters (lactones) is 1. The number of hydrogen-bond donors (Lipinski definition) is 0.